The molecule has 1 aliphatic carbocycles. The van der Waals surface area contributed by atoms with Gasteiger partial charge in [0.25, 0.3) is 0 Å². The molecular formula is C13H25NO2. The Morgan fingerprint density at radius 1 is 1.31 bits per heavy atom. The molecule has 1 rings (SSSR count). The zero-order valence-corrected chi connectivity index (χ0v) is 10.5. The molecule has 0 amide bonds. The molecule has 94 valence electrons. The van der Waals surface area contributed by atoms with E-state index in [-0.39, 0.29) is 5.97 Å². The molecule has 1 saturated carbocycles. The van der Waals surface area contributed by atoms with Gasteiger partial charge in [-0.3, -0.25) is 4.79 Å². The van der Waals surface area contributed by atoms with Crippen LogP contribution in [-0.2, 0) is 9.53 Å². The van der Waals surface area contributed by atoms with E-state index in [1.54, 1.807) is 0 Å². The Balaban J connectivity index is 1.75. The van der Waals surface area contributed by atoms with Gasteiger partial charge in [-0.05, 0) is 51.6 Å². The number of hydrogen-bond donors (Lipinski definition) is 1. The molecule has 0 aromatic rings. The maximum Gasteiger partial charge on any atom is 0.305 e. The minimum atomic E-state index is -0.0510. The van der Waals surface area contributed by atoms with Crippen LogP contribution >= 0.6 is 0 Å². The fraction of sp³-hybridized carbons (Fsp3) is 0.923. The van der Waals surface area contributed by atoms with Gasteiger partial charge in [0.15, 0.2) is 0 Å². The van der Waals surface area contributed by atoms with Crippen LogP contribution in [0.5, 0.6) is 0 Å². The number of ether oxygens (including phenoxy) is 1. The quantitative estimate of drug-likeness (QED) is 0.486. The second-order valence-electron chi connectivity index (χ2n) is 4.62. The summed E-state index contributed by atoms with van der Waals surface area (Å²) in [5.74, 6) is 0.893. The maximum atomic E-state index is 11.0. The smallest absolute Gasteiger partial charge is 0.305 e. The van der Waals surface area contributed by atoms with Crippen LogP contribution in [-0.4, -0.2) is 25.7 Å². The van der Waals surface area contributed by atoms with Crippen molar-refractivity contribution in [2.75, 3.05) is 19.7 Å². The van der Waals surface area contributed by atoms with E-state index in [4.69, 9.17) is 4.74 Å². The Morgan fingerprint density at radius 3 is 2.75 bits per heavy atom. The third-order valence-electron chi connectivity index (χ3n) is 3.20. The molecule has 0 saturated heterocycles. The fourth-order valence-electron chi connectivity index (χ4n) is 1.93. The van der Waals surface area contributed by atoms with Crippen molar-refractivity contribution in [2.24, 2.45) is 5.92 Å². The van der Waals surface area contributed by atoms with Gasteiger partial charge in [-0.1, -0.05) is 12.8 Å². The largest absolute Gasteiger partial charge is 0.466 e. The Labute approximate surface area is 98.9 Å². The number of nitrogens with one attached hydrogen (secondary N) is 1. The summed E-state index contributed by atoms with van der Waals surface area (Å²) in [6.45, 7) is 4.64. The van der Waals surface area contributed by atoms with E-state index in [0.29, 0.717) is 13.0 Å². The number of carbonyl (C=O) groups excluding carboxylic acids is 1. The topological polar surface area (TPSA) is 38.3 Å². The van der Waals surface area contributed by atoms with Gasteiger partial charge in [-0.2, -0.15) is 0 Å². The van der Waals surface area contributed by atoms with E-state index < -0.39 is 0 Å². The summed E-state index contributed by atoms with van der Waals surface area (Å²) in [7, 11) is 0. The molecule has 16 heavy (non-hydrogen) atoms. The molecule has 0 atom stereocenters. The first-order chi connectivity index (χ1) is 7.83. The normalized spacial score (nSPS) is 15.8. The number of carbonyl (C=O) groups is 1. The highest BCUT2D eigenvalue weighted by Crippen LogP contribution is 2.25. The van der Waals surface area contributed by atoms with Crippen molar-refractivity contribution >= 4 is 5.97 Å². The average molecular weight is 227 g/mol. The number of rotatable bonds is 9. The summed E-state index contributed by atoms with van der Waals surface area (Å²) >= 11 is 0. The van der Waals surface area contributed by atoms with E-state index in [0.717, 1.165) is 25.3 Å². The Bertz CT molecular complexity index is 190. The summed E-state index contributed by atoms with van der Waals surface area (Å²) in [5, 5.41) is 3.48. The lowest BCUT2D eigenvalue weighted by molar-refractivity contribution is -0.143. The minimum absolute atomic E-state index is 0.0510. The minimum Gasteiger partial charge on any atom is -0.466 e. The maximum absolute atomic E-state index is 11.0. The van der Waals surface area contributed by atoms with Gasteiger partial charge in [0.05, 0.1) is 6.61 Å². The van der Waals surface area contributed by atoms with Crippen molar-refractivity contribution in [1.29, 1.82) is 0 Å². The van der Waals surface area contributed by atoms with E-state index in [1.165, 1.54) is 32.2 Å². The molecule has 0 aromatic carbocycles. The molecule has 0 spiro atoms. The number of unbranched alkanes of at least 4 members (excludes halogenated alkanes) is 2. The van der Waals surface area contributed by atoms with Crippen molar-refractivity contribution < 1.29 is 9.53 Å². The summed E-state index contributed by atoms with van der Waals surface area (Å²) in [6, 6.07) is 0. The Hall–Kier alpha value is -0.570. The van der Waals surface area contributed by atoms with Crippen LogP contribution in [0.25, 0.3) is 0 Å². The number of esters is 1. The molecule has 0 aromatic heterocycles. The highest BCUT2D eigenvalue weighted by Gasteiger charge is 2.15. The summed E-state index contributed by atoms with van der Waals surface area (Å²) in [4.78, 5) is 11.0. The molecule has 1 aliphatic rings. The van der Waals surface area contributed by atoms with Crippen molar-refractivity contribution in [3.8, 4) is 0 Å². The van der Waals surface area contributed by atoms with Gasteiger partial charge in [-0.15, -0.1) is 0 Å². The van der Waals surface area contributed by atoms with E-state index in [2.05, 4.69) is 5.32 Å². The summed E-state index contributed by atoms with van der Waals surface area (Å²) in [6.07, 6.45) is 8.08. The summed E-state index contributed by atoms with van der Waals surface area (Å²) in [5.41, 5.74) is 0. The third-order valence-corrected chi connectivity index (χ3v) is 3.20. The van der Waals surface area contributed by atoms with Gasteiger partial charge in [0, 0.05) is 6.42 Å². The van der Waals surface area contributed by atoms with Crippen LogP contribution < -0.4 is 5.32 Å². The Kier molecular flexibility index (Phi) is 7.23. The van der Waals surface area contributed by atoms with Gasteiger partial charge < -0.3 is 10.1 Å². The standard InChI is InChI=1S/C13H25NO2/c1-2-16-13(15)9-4-3-5-10-14-11-12-7-6-8-12/h12,14H,2-11H2,1H3. The lowest BCUT2D eigenvalue weighted by Crippen LogP contribution is -2.27. The fourth-order valence-corrected chi connectivity index (χ4v) is 1.93. The van der Waals surface area contributed by atoms with Crippen molar-refractivity contribution in [3.63, 3.8) is 0 Å². The molecule has 0 bridgehead atoms. The van der Waals surface area contributed by atoms with Crippen LogP contribution in [0.3, 0.4) is 0 Å². The summed E-state index contributed by atoms with van der Waals surface area (Å²) < 4.78 is 4.87. The third kappa shape index (κ3) is 6.11. The first-order valence-corrected chi connectivity index (χ1v) is 6.69. The number of hydrogen-bond acceptors (Lipinski definition) is 3. The first kappa shape index (κ1) is 13.5. The molecule has 0 aliphatic heterocycles. The highest BCUT2D eigenvalue weighted by molar-refractivity contribution is 5.69. The lowest BCUT2D eigenvalue weighted by atomic mass is 9.85. The Morgan fingerprint density at radius 2 is 2.12 bits per heavy atom. The van der Waals surface area contributed by atoms with Gasteiger partial charge in [-0.25, -0.2) is 0 Å². The molecule has 3 heteroatoms. The predicted octanol–water partition coefficient (Wildman–Crippen LogP) is 2.50. The molecule has 1 N–H and O–H groups in total. The molecule has 0 heterocycles. The highest BCUT2D eigenvalue weighted by atomic mass is 16.5. The van der Waals surface area contributed by atoms with Crippen LogP contribution in [0, 0.1) is 5.92 Å². The molecule has 0 unspecified atom stereocenters. The predicted molar refractivity (Wildman–Crippen MR) is 65.3 cm³/mol. The second kappa shape index (κ2) is 8.57. The SMILES string of the molecule is CCOC(=O)CCCCCNCC1CCC1. The van der Waals surface area contributed by atoms with Crippen LogP contribution in [0.15, 0.2) is 0 Å². The molecule has 3 nitrogen and oxygen atoms in total. The van der Waals surface area contributed by atoms with Crippen LogP contribution in [0.1, 0.15) is 51.9 Å². The molecule has 0 radical (unpaired) electrons. The van der Waals surface area contributed by atoms with Crippen molar-refractivity contribution in [2.45, 2.75) is 51.9 Å². The lowest BCUT2D eigenvalue weighted by Gasteiger charge is -2.25. The van der Waals surface area contributed by atoms with Gasteiger partial charge >= 0.3 is 5.97 Å². The monoisotopic (exact) mass is 227 g/mol. The van der Waals surface area contributed by atoms with E-state index in [1.807, 2.05) is 6.92 Å². The van der Waals surface area contributed by atoms with Crippen LogP contribution in [0.2, 0.25) is 0 Å². The zero-order valence-electron chi connectivity index (χ0n) is 10.5. The molecular weight excluding hydrogens is 202 g/mol. The van der Waals surface area contributed by atoms with Crippen LogP contribution in [0.4, 0.5) is 0 Å². The van der Waals surface area contributed by atoms with Crippen molar-refractivity contribution in [1.82, 2.24) is 5.32 Å². The van der Waals surface area contributed by atoms with Gasteiger partial charge in [0.1, 0.15) is 0 Å². The van der Waals surface area contributed by atoms with E-state index in [9.17, 15) is 4.79 Å². The first-order valence-electron chi connectivity index (χ1n) is 6.69. The average Bonchev–Trinajstić information content (AvgIpc) is 2.19. The molecule has 1 fully saturated rings. The van der Waals surface area contributed by atoms with E-state index >= 15 is 0 Å². The van der Waals surface area contributed by atoms with Crippen molar-refractivity contribution in [3.05, 3.63) is 0 Å². The second-order valence-corrected chi connectivity index (χ2v) is 4.62. The zero-order chi connectivity index (χ0) is 11.6. The van der Waals surface area contributed by atoms with Gasteiger partial charge in [0.2, 0.25) is 0 Å².